The van der Waals surface area contributed by atoms with Gasteiger partial charge in [0.2, 0.25) is 5.95 Å². The molecule has 0 atom stereocenters. The van der Waals surface area contributed by atoms with Crippen molar-refractivity contribution in [3.8, 4) is 39.9 Å². The maximum absolute atomic E-state index is 5.30. The van der Waals surface area contributed by atoms with Gasteiger partial charge in [0.1, 0.15) is 0 Å². The topological polar surface area (TPSA) is 46.8 Å². The second kappa shape index (κ2) is 12.9. The molecule has 10 aromatic rings. The second-order valence-corrected chi connectivity index (χ2v) is 15.3. The lowest BCUT2D eigenvalue weighted by Crippen LogP contribution is -2.15. The standard InChI is InChI=1S/C52H37N5/c1-52(2)45-26-16-15-25-39(45)40-28-30-42-41(47(40)52)29-31-43-44-33-38(56(36-21-11-5-12-22-36)37-23-13-6-14-24-37)27-32-46(44)57(48(42)43)51-54-49(34-17-7-3-8-18-34)53-50(55-51)35-19-9-4-10-20-35/h3-33H,1-2H3. The van der Waals surface area contributed by atoms with Crippen molar-refractivity contribution < 1.29 is 0 Å². The minimum atomic E-state index is -0.177. The highest BCUT2D eigenvalue weighted by atomic mass is 15.2. The summed E-state index contributed by atoms with van der Waals surface area (Å²) in [6.07, 6.45) is 0. The third kappa shape index (κ3) is 5.20. The number of rotatable bonds is 6. The SMILES string of the molecule is CC1(C)c2ccccc2-c2ccc3c(ccc4c5cc(N(c6ccccc6)c6ccccc6)ccc5n(-c5nc(-c6ccccc6)nc(-c6ccccc6)n5)c34)c21. The Balaban J connectivity index is 1.24. The second-order valence-electron chi connectivity index (χ2n) is 15.3. The Morgan fingerprint density at radius 1 is 0.439 bits per heavy atom. The maximum atomic E-state index is 5.30. The molecule has 5 heteroatoms. The number of nitrogens with zero attached hydrogens (tertiary/aromatic N) is 5. The van der Waals surface area contributed by atoms with Gasteiger partial charge in [-0.3, -0.25) is 4.57 Å². The average Bonchev–Trinajstić information content (AvgIpc) is 3.73. The van der Waals surface area contributed by atoms with Gasteiger partial charge in [-0.05, 0) is 70.1 Å². The van der Waals surface area contributed by atoms with Crippen LogP contribution in [0.25, 0.3) is 72.4 Å². The Morgan fingerprint density at radius 2 is 0.965 bits per heavy atom. The predicted octanol–water partition coefficient (Wildman–Crippen LogP) is 13.2. The molecule has 0 unspecified atom stereocenters. The minimum absolute atomic E-state index is 0.177. The number of anilines is 3. The van der Waals surface area contributed by atoms with Gasteiger partial charge in [0.05, 0.1) is 11.0 Å². The maximum Gasteiger partial charge on any atom is 0.238 e. The Bertz CT molecular complexity index is 3040. The van der Waals surface area contributed by atoms with Crippen molar-refractivity contribution in [2.45, 2.75) is 19.3 Å². The first-order valence-electron chi connectivity index (χ1n) is 19.5. The summed E-state index contributed by atoms with van der Waals surface area (Å²) in [4.78, 5) is 18.0. The molecule has 0 saturated heterocycles. The van der Waals surface area contributed by atoms with E-state index in [1.165, 1.54) is 27.6 Å². The van der Waals surface area contributed by atoms with Crippen LogP contribution in [-0.2, 0) is 5.41 Å². The molecule has 5 nitrogen and oxygen atoms in total. The lowest BCUT2D eigenvalue weighted by atomic mass is 9.80. The molecule has 11 rings (SSSR count). The summed E-state index contributed by atoms with van der Waals surface area (Å²) in [5, 5.41) is 4.65. The fraction of sp³-hybridized carbons (Fsp3) is 0.0577. The average molecular weight is 732 g/mol. The van der Waals surface area contributed by atoms with Crippen LogP contribution in [0.3, 0.4) is 0 Å². The number of hydrogen-bond acceptors (Lipinski definition) is 4. The molecule has 2 aromatic heterocycles. The summed E-state index contributed by atoms with van der Waals surface area (Å²) in [6, 6.07) is 66.5. The Labute approximate surface area is 331 Å². The zero-order valence-electron chi connectivity index (χ0n) is 31.6. The van der Waals surface area contributed by atoms with E-state index < -0.39 is 0 Å². The number of para-hydroxylation sites is 2. The molecule has 2 heterocycles. The first kappa shape index (κ1) is 33.0. The normalized spacial score (nSPS) is 12.9. The highest BCUT2D eigenvalue weighted by Crippen LogP contribution is 2.52. The van der Waals surface area contributed by atoms with Gasteiger partial charge in [0, 0.05) is 49.8 Å². The molecule has 0 radical (unpaired) electrons. The Hall–Kier alpha value is -7.37. The molecule has 0 saturated carbocycles. The zero-order valence-corrected chi connectivity index (χ0v) is 31.6. The molecule has 0 spiro atoms. The highest BCUT2D eigenvalue weighted by Gasteiger charge is 2.37. The van der Waals surface area contributed by atoms with Gasteiger partial charge in [0.25, 0.3) is 0 Å². The van der Waals surface area contributed by atoms with Crippen molar-refractivity contribution in [1.82, 2.24) is 19.5 Å². The fourth-order valence-corrected chi connectivity index (χ4v) is 9.04. The molecule has 0 bridgehead atoms. The quantitative estimate of drug-likeness (QED) is 0.171. The van der Waals surface area contributed by atoms with E-state index in [0.717, 1.165) is 55.4 Å². The molecule has 0 fully saturated rings. The zero-order chi connectivity index (χ0) is 38.1. The predicted molar refractivity (Wildman–Crippen MR) is 235 cm³/mol. The summed E-state index contributed by atoms with van der Waals surface area (Å²) in [5.41, 5.74) is 12.4. The number of benzene rings is 8. The van der Waals surface area contributed by atoms with Crippen LogP contribution >= 0.6 is 0 Å². The van der Waals surface area contributed by atoms with E-state index in [1.807, 2.05) is 36.4 Å². The van der Waals surface area contributed by atoms with E-state index >= 15 is 0 Å². The van der Waals surface area contributed by atoms with E-state index in [1.54, 1.807) is 0 Å². The monoisotopic (exact) mass is 731 g/mol. The van der Waals surface area contributed by atoms with Gasteiger partial charge >= 0.3 is 0 Å². The summed E-state index contributed by atoms with van der Waals surface area (Å²) in [5.74, 6) is 1.83. The lowest BCUT2D eigenvalue weighted by molar-refractivity contribution is 0.666. The van der Waals surface area contributed by atoms with Crippen LogP contribution in [0.2, 0.25) is 0 Å². The van der Waals surface area contributed by atoms with Crippen LogP contribution in [0.1, 0.15) is 25.0 Å². The van der Waals surface area contributed by atoms with Crippen LogP contribution in [0, 0.1) is 0 Å². The smallest absolute Gasteiger partial charge is 0.238 e. The van der Waals surface area contributed by atoms with Gasteiger partial charge in [-0.1, -0.05) is 159 Å². The summed E-state index contributed by atoms with van der Waals surface area (Å²) in [6.45, 7) is 4.71. The van der Waals surface area contributed by atoms with Crippen LogP contribution in [0.5, 0.6) is 0 Å². The molecule has 1 aliphatic rings. The molecule has 57 heavy (non-hydrogen) atoms. The van der Waals surface area contributed by atoms with E-state index in [0.29, 0.717) is 17.6 Å². The van der Waals surface area contributed by atoms with Gasteiger partial charge in [-0.15, -0.1) is 0 Å². The number of fused-ring (bicyclic) bond motifs is 9. The largest absolute Gasteiger partial charge is 0.310 e. The van der Waals surface area contributed by atoms with Crippen molar-refractivity contribution in [3.63, 3.8) is 0 Å². The highest BCUT2D eigenvalue weighted by molar-refractivity contribution is 6.20. The van der Waals surface area contributed by atoms with Gasteiger partial charge in [-0.2, -0.15) is 9.97 Å². The van der Waals surface area contributed by atoms with Crippen LogP contribution in [0.4, 0.5) is 17.1 Å². The summed E-state index contributed by atoms with van der Waals surface area (Å²) in [7, 11) is 0. The molecule has 0 aliphatic heterocycles. The number of hydrogen-bond donors (Lipinski definition) is 0. The molecule has 0 amide bonds. The van der Waals surface area contributed by atoms with E-state index in [-0.39, 0.29) is 5.41 Å². The lowest BCUT2D eigenvalue weighted by Gasteiger charge is -2.25. The molecular formula is C52H37N5. The molecule has 0 N–H and O–H groups in total. The Kier molecular flexibility index (Phi) is 7.45. The molecule has 270 valence electrons. The van der Waals surface area contributed by atoms with Gasteiger partial charge in [-0.25, -0.2) is 4.98 Å². The van der Waals surface area contributed by atoms with E-state index in [4.69, 9.17) is 15.0 Å². The molecule has 8 aromatic carbocycles. The first-order valence-corrected chi connectivity index (χ1v) is 19.5. The molecule has 1 aliphatic carbocycles. The van der Waals surface area contributed by atoms with E-state index in [9.17, 15) is 0 Å². The number of aromatic nitrogens is 4. The van der Waals surface area contributed by atoms with Gasteiger partial charge < -0.3 is 4.90 Å². The van der Waals surface area contributed by atoms with Crippen molar-refractivity contribution >= 4 is 49.6 Å². The van der Waals surface area contributed by atoms with Crippen molar-refractivity contribution in [1.29, 1.82) is 0 Å². The molecular weight excluding hydrogens is 695 g/mol. The van der Waals surface area contributed by atoms with Crippen LogP contribution in [-0.4, -0.2) is 19.5 Å². The first-order chi connectivity index (χ1) is 28.0. The third-order valence-electron chi connectivity index (χ3n) is 11.6. The van der Waals surface area contributed by atoms with Crippen molar-refractivity contribution in [2.75, 3.05) is 4.90 Å². The summed E-state index contributed by atoms with van der Waals surface area (Å²) >= 11 is 0. The van der Waals surface area contributed by atoms with Crippen molar-refractivity contribution in [3.05, 3.63) is 199 Å². The Morgan fingerprint density at radius 3 is 1.60 bits per heavy atom. The van der Waals surface area contributed by atoms with Crippen LogP contribution < -0.4 is 4.90 Å². The fourth-order valence-electron chi connectivity index (χ4n) is 9.04. The van der Waals surface area contributed by atoms with Gasteiger partial charge in [0.15, 0.2) is 11.6 Å². The summed E-state index contributed by atoms with van der Waals surface area (Å²) < 4.78 is 2.27. The van der Waals surface area contributed by atoms with Crippen molar-refractivity contribution in [2.24, 2.45) is 0 Å². The third-order valence-corrected chi connectivity index (χ3v) is 11.6. The minimum Gasteiger partial charge on any atom is -0.310 e. The van der Waals surface area contributed by atoms with E-state index in [2.05, 4.69) is 175 Å². The van der Waals surface area contributed by atoms with Crippen LogP contribution in [0.15, 0.2) is 188 Å².